The molecule has 0 aliphatic carbocycles. The largest absolute Gasteiger partial charge is 0.497 e. The van der Waals surface area contributed by atoms with Crippen molar-refractivity contribution in [3.8, 4) is 11.5 Å². The Labute approximate surface area is 165 Å². The van der Waals surface area contributed by atoms with Gasteiger partial charge in [0.1, 0.15) is 17.3 Å². The maximum absolute atomic E-state index is 13.2. The van der Waals surface area contributed by atoms with E-state index < -0.39 is 10.0 Å². The molecule has 0 atom stereocenters. The molecule has 0 bridgehead atoms. The lowest BCUT2D eigenvalue weighted by Gasteiger charge is -2.21. The third-order valence-corrected chi connectivity index (χ3v) is 6.00. The van der Waals surface area contributed by atoms with Gasteiger partial charge < -0.3 is 14.5 Å². The summed E-state index contributed by atoms with van der Waals surface area (Å²) >= 11 is 0. The van der Waals surface area contributed by atoms with E-state index in [1.807, 2.05) is 48.5 Å². The monoisotopic (exact) mass is 401 g/mol. The number of nitrogens with one attached hydrogen (secondary N) is 1. The van der Waals surface area contributed by atoms with Crippen LogP contribution in [0.5, 0.6) is 11.5 Å². The minimum atomic E-state index is -3.78. The van der Waals surface area contributed by atoms with Gasteiger partial charge in [-0.2, -0.15) is 4.31 Å². The number of imidazole rings is 1. The number of benzene rings is 2. The van der Waals surface area contributed by atoms with E-state index in [4.69, 9.17) is 9.47 Å². The molecule has 3 aromatic rings. The van der Waals surface area contributed by atoms with E-state index in [0.29, 0.717) is 5.82 Å². The number of H-pyrrole nitrogens is 1. The van der Waals surface area contributed by atoms with Gasteiger partial charge >= 0.3 is 0 Å². The van der Waals surface area contributed by atoms with Crippen molar-refractivity contribution in [2.75, 3.05) is 14.2 Å². The van der Waals surface area contributed by atoms with Gasteiger partial charge in [0.2, 0.25) is 0 Å². The molecule has 148 valence electrons. The normalized spacial score (nSPS) is 11.6. The topological polar surface area (TPSA) is 84.5 Å². The van der Waals surface area contributed by atoms with Crippen LogP contribution in [0.25, 0.3) is 0 Å². The molecule has 0 unspecified atom stereocenters. The van der Waals surface area contributed by atoms with E-state index >= 15 is 0 Å². The highest BCUT2D eigenvalue weighted by atomic mass is 32.2. The first-order valence-corrected chi connectivity index (χ1v) is 10.1. The van der Waals surface area contributed by atoms with Crippen molar-refractivity contribution in [2.45, 2.75) is 25.0 Å². The highest BCUT2D eigenvalue weighted by Crippen LogP contribution is 2.22. The minimum absolute atomic E-state index is 0.00650. The smallest absolute Gasteiger partial charge is 0.262 e. The summed E-state index contributed by atoms with van der Waals surface area (Å²) < 4.78 is 38.1. The molecule has 0 amide bonds. The first kappa shape index (κ1) is 19.9. The number of aromatic amines is 1. The van der Waals surface area contributed by atoms with Gasteiger partial charge in [0.05, 0.1) is 14.2 Å². The molecule has 28 heavy (non-hydrogen) atoms. The Morgan fingerprint density at radius 1 is 0.893 bits per heavy atom. The van der Waals surface area contributed by atoms with Crippen molar-refractivity contribution in [3.63, 3.8) is 0 Å². The van der Waals surface area contributed by atoms with Crippen LogP contribution in [0.3, 0.4) is 0 Å². The summed E-state index contributed by atoms with van der Waals surface area (Å²) in [4.78, 5) is 6.95. The van der Waals surface area contributed by atoms with E-state index in [9.17, 15) is 8.42 Å². The summed E-state index contributed by atoms with van der Waals surface area (Å²) in [5, 5.41) is 0.00650. The van der Waals surface area contributed by atoms with Crippen molar-refractivity contribution < 1.29 is 17.9 Å². The van der Waals surface area contributed by atoms with Crippen LogP contribution in [0.15, 0.2) is 59.8 Å². The third-order valence-electron chi connectivity index (χ3n) is 4.32. The SMILES string of the molecule is COc1ccc(CN(Cc2ccc(OC)cc2)S(=O)(=O)c2c[nH]c(C)n2)cc1. The van der Waals surface area contributed by atoms with Gasteiger partial charge in [0.15, 0.2) is 5.03 Å². The summed E-state index contributed by atoms with van der Waals surface area (Å²) in [6.07, 6.45) is 1.42. The number of aromatic nitrogens is 2. The van der Waals surface area contributed by atoms with E-state index in [-0.39, 0.29) is 18.1 Å². The second-order valence-corrected chi connectivity index (χ2v) is 8.18. The van der Waals surface area contributed by atoms with Crippen LogP contribution < -0.4 is 9.47 Å². The fourth-order valence-corrected chi connectivity index (χ4v) is 4.12. The maximum Gasteiger partial charge on any atom is 0.262 e. The first-order valence-electron chi connectivity index (χ1n) is 8.70. The number of methoxy groups -OCH3 is 2. The second kappa shape index (κ2) is 8.45. The van der Waals surface area contributed by atoms with E-state index in [1.165, 1.54) is 10.5 Å². The summed E-state index contributed by atoms with van der Waals surface area (Å²) in [5.41, 5.74) is 1.70. The number of hydrogen-bond acceptors (Lipinski definition) is 5. The van der Waals surface area contributed by atoms with Crippen molar-refractivity contribution in [1.82, 2.24) is 14.3 Å². The molecule has 2 aromatic carbocycles. The molecule has 0 saturated carbocycles. The van der Waals surface area contributed by atoms with E-state index in [1.54, 1.807) is 21.1 Å². The predicted molar refractivity (Wildman–Crippen MR) is 106 cm³/mol. The summed E-state index contributed by atoms with van der Waals surface area (Å²) in [7, 11) is -0.594. The van der Waals surface area contributed by atoms with E-state index in [0.717, 1.165) is 22.6 Å². The molecule has 0 fully saturated rings. The lowest BCUT2D eigenvalue weighted by atomic mass is 10.2. The number of nitrogens with zero attached hydrogens (tertiary/aromatic N) is 2. The fraction of sp³-hybridized carbons (Fsp3) is 0.250. The standard InChI is InChI=1S/C20H23N3O4S/c1-15-21-12-20(22-15)28(24,25)23(13-16-4-8-18(26-2)9-5-16)14-17-6-10-19(27-3)11-7-17/h4-12H,13-14H2,1-3H3,(H,21,22). The molecular formula is C20H23N3O4S. The van der Waals surface area contributed by atoms with Crippen LogP contribution in [0.1, 0.15) is 17.0 Å². The molecule has 3 rings (SSSR count). The van der Waals surface area contributed by atoms with Crippen LogP contribution >= 0.6 is 0 Å². The average molecular weight is 401 g/mol. The number of rotatable bonds is 8. The van der Waals surface area contributed by atoms with Crippen LogP contribution in [-0.4, -0.2) is 36.9 Å². The Balaban J connectivity index is 1.91. The number of sulfonamides is 1. The zero-order chi connectivity index (χ0) is 20.1. The molecular weight excluding hydrogens is 378 g/mol. The fourth-order valence-electron chi connectivity index (χ4n) is 2.76. The van der Waals surface area contributed by atoms with Gasteiger partial charge in [-0.15, -0.1) is 0 Å². The molecule has 0 radical (unpaired) electrons. The molecule has 7 nitrogen and oxygen atoms in total. The summed E-state index contributed by atoms with van der Waals surface area (Å²) in [6.45, 7) is 2.14. The minimum Gasteiger partial charge on any atom is -0.497 e. The second-order valence-electron chi connectivity index (χ2n) is 6.29. The van der Waals surface area contributed by atoms with Crippen LogP contribution in [-0.2, 0) is 23.1 Å². The van der Waals surface area contributed by atoms with Gasteiger partial charge in [-0.25, -0.2) is 13.4 Å². The summed E-state index contributed by atoms with van der Waals surface area (Å²) in [5.74, 6) is 1.99. The molecule has 1 aromatic heterocycles. The van der Waals surface area contributed by atoms with Crippen molar-refractivity contribution >= 4 is 10.0 Å². The molecule has 1 N–H and O–H groups in total. The van der Waals surface area contributed by atoms with Crippen LogP contribution in [0.4, 0.5) is 0 Å². The van der Waals surface area contributed by atoms with Gasteiger partial charge in [-0.3, -0.25) is 0 Å². The lowest BCUT2D eigenvalue weighted by molar-refractivity contribution is 0.396. The zero-order valence-electron chi connectivity index (χ0n) is 16.0. The molecule has 0 spiro atoms. The molecule has 1 heterocycles. The predicted octanol–water partition coefficient (Wildman–Crippen LogP) is 3.13. The van der Waals surface area contributed by atoms with Gasteiger partial charge in [0.25, 0.3) is 10.0 Å². The van der Waals surface area contributed by atoms with Crippen molar-refractivity contribution in [1.29, 1.82) is 0 Å². The van der Waals surface area contributed by atoms with Crippen LogP contribution in [0, 0.1) is 6.92 Å². The Bertz CT molecular complexity index is 963. The Hall–Kier alpha value is -2.84. The van der Waals surface area contributed by atoms with Gasteiger partial charge in [-0.05, 0) is 42.3 Å². The number of ether oxygens (including phenoxy) is 2. The third kappa shape index (κ3) is 4.52. The number of aryl methyl sites for hydroxylation is 1. The lowest BCUT2D eigenvalue weighted by Crippen LogP contribution is -2.30. The van der Waals surface area contributed by atoms with Crippen LogP contribution in [0.2, 0.25) is 0 Å². The molecule has 0 aliphatic rings. The van der Waals surface area contributed by atoms with Gasteiger partial charge in [0, 0.05) is 19.3 Å². The van der Waals surface area contributed by atoms with Crippen molar-refractivity contribution in [2.24, 2.45) is 0 Å². The Morgan fingerprint density at radius 2 is 1.36 bits per heavy atom. The highest BCUT2D eigenvalue weighted by molar-refractivity contribution is 7.89. The molecule has 0 saturated heterocycles. The average Bonchev–Trinajstić information content (AvgIpc) is 3.16. The van der Waals surface area contributed by atoms with Crippen molar-refractivity contribution in [3.05, 3.63) is 71.7 Å². The Kier molecular flexibility index (Phi) is 6.01. The maximum atomic E-state index is 13.2. The first-order chi connectivity index (χ1) is 13.4. The quantitative estimate of drug-likeness (QED) is 0.627. The van der Waals surface area contributed by atoms with Gasteiger partial charge in [-0.1, -0.05) is 24.3 Å². The Morgan fingerprint density at radius 3 is 1.71 bits per heavy atom. The molecule has 8 heteroatoms. The highest BCUT2D eigenvalue weighted by Gasteiger charge is 2.27. The van der Waals surface area contributed by atoms with E-state index in [2.05, 4.69) is 9.97 Å². The zero-order valence-corrected chi connectivity index (χ0v) is 16.9. The number of hydrogen-bond donors (Lipinski definition) is 1. The molecule has 0 aliphatic heterocycles. The summed E-state index contributed by atoms with van der Waals surface area (Å²) in [6, 6.07) is 14.7.